The first-order chi connectivity index (χ1) is 10.1. The molecule has 0 radical (unpaired) electrons. The molecule has 1 aromatic heterocycles. The summed E-state index contributed by atoms with van der Waals surface area (Å²) in [6.07, 6.45) is 1.87. The van der Waals surface area contributed by atoms with E-state index in [4.69, 9.17) is 16.1 Å². The van der Waals surface area contributed by atoms with Crippen LogP contribution in [-0.4, -0.2) is 28.2 Å². The van der Waals surface area contributed by atoms with Gasteiger partial charge in [-0.15, -0.1) is 0 Å². The van der Waals surface area contributed by atoms with Gasteiger partial charge in [0.05, 0.1) is 9.95 Å². The summed E-state index contributed by atoms with van der Waals surface area (Å²) in [5, 5.41) is 18.4. The van der Waals surface area contributed by atoms with Gasteiger partial charge in [-0.25, -0.2) is 0 Å². The van der Waals surface area contributed by atoms with Crippen molar-refractivity contribution in [3.05, 3.63) is 39.2 Å². The molecule has 3 rings (SSSR count). The number of piperidine rings is 1. The average Bonchev–Trinajstić information content (AvgIpc) is 2.98. The fourth-order valence-electron chi connectivity index (χ4n) is 2.38. The van der Waals surface area contributed by atoms with Gasteiger partial charge in [-0.1, -0.05) is 16.8 Å². The Kier molecular flexibility index (Phi) is 3.85. The molecular weight excluding hydrogens is 296 g/mol. The van der Waals surface area contributed by atoms with E-state index in [1.165, 1.54) is 18.2 Å². The molecule has 1 aliphatic heterocycles. The summed E-state index contributed by atoms with van der Waals surface area (Å²) in [7, 11) is 0. The van der Waals surface area contributed by atoms with E-state index in [-0.39, 0.29) is 17.4 Å². The number of benzene rings is 1. The quantitative estimate of drug-likeness (QED) is 0.692. The Morgan fingerprint density at radius 1 is 1.38 bits per heavy atom. The van der Waals surface area contributed by atoms with Gasteiger partial charge in [0.2, 0.25) is 11.7 Å². The standard InChI is InChI=1S/C13H13ClN4O3/c14-11-2-1-9(18(19)20)7-10(11)12-16-13(21-17-12)8-3-5-15-6-4-8/h1-2,7-8,15H,3-6H2. The predicted molar refractivity (Wildman–Crippen MR) is 76.2 cm³/mol. The number of rotatable bonds is 3. The van der Waals surface area contributed by atoms with Crippen LogP contribution in [0.2, 0.25) is 5.02 Å². The van der Waals surface area contributed by atoms with Crippen LogP contribution in [0.3, 0.4) is 0 Å². The van der Waals surface area contributed by atoms with E-state index in [2.05, 4.69) is 15.5 Å². The van der Waals surface area contributed by atoms with Crippen LogP contribution in [0.15, 0.2) is 22.7 Å². The van der Waals surface area contributed by atoms with Gasteiger partial charge in [0, 0.05) is 23.6 Å². The summed E-state index contributed by atoms with van der Waals surface area (Å²) in [5.41, 5.74) is 0.359. The fourth-order valence-corrected chi connectivity index (χ4v) is 2.58. The molecule has 0 saturated carbocycles. The largest absolute Gasteiger partial charge is 0.339 e. The molecule has 1 fully saturated rings. The Bertz CT molecular complexity index is 667. The maximum absolute atomic E-state index is 10.8. The van der Waals surface area contributed by atoms with E-state index in [0.29, 0.717) is 16.5 Å². The monoisotopic (exact) mass is 308 g/mol. The van der Waals surface area contributed by atoms with Crippen molar-refractivity contribution >= 4 is 17.3 Å². The lowest BCUT2D eigenvalue weighted by atomic mass is 9.98. The van der Waals surface area contributed by atoms with Crippen LogP contribution in [0.25, 0.3) is 11.4 Å². The third-order valence-corrected chi connectivity index (χ3v) is 3.86. The second-order valence-electron chi connectivity index (χ2n) is 4.90. The zero-order valence-electron chi connectivity index (χ0n) is 11.1. The molecule has 1 aromatic carbocycles. The molecule has 0 atom stereocenters. The van der Waals surface area contributed by atoms with Crippen molar-refractivity contribution in [3.8, 4) is 11.4 Å². The van der Waals surface area contributed by atoms with Gasteiger partial charge in [-0.05, 0) is 32.0 Å². The molecule has 0 aliphatic carbocycles. The molecule has 1 saturated heterocycles. The fraction of sp³-hybridized carbons (Fsp3) is 0.385. The Morgan fingerprint density at radius 3 is 2.86 bits per heavy atom. The first-order valence-electron chi connectivity index (χ1n) is 6.64. The number of nitrogens with zero attached hydrogens (tertiary/aromatic N) is 3. The first-order valence-corrected chi connectivity index (χ1v) is 7.01. The Balaban J connectivity index is 1.92. The molecule has 7 nitrogen and oxygen atoms in total. The summed E-state index contributed by atoms with van der Waals surface area (Å²) in [4.78, 5) is 14.7. The lowest BCUT2D eigenvalue weighted by molar-refractivity contribution is -0.384. The third-order valence-electron chi connectivity index (χ3n) is 3.53. The molecule has 0 amide bonds. The van der Waals surface area contributed by atoms with Crippen molar-refractivity contribution in [3.63, 3.8) is 0 Å². The molecule has 2 heterocycles. The number of nitro groups is 1. The van der Waals surface area contributed by atoms with Gasteiger partial charge >= 0.3 is 0 Å². The second-order valence-corrected chi connectivity index (χ2v) is 5.31. The number of nitrogens with one attached hydrogen (secondary N) is 1. The van der Waals surface area contributed by atoms with Crippen molar-refractivity contribution in [2.45, 2.75) is 18.8 Å². The highest BCUT2D eigenvalue weighted by atomic mass is 35.5. The van der Waals surface area contributed by atoms with E-state index in [1.54, 1.807) is 0 Å². The summed E-state index contributed by atoms with van der Waals surface area (Å²) >= 11 is 6.08. The smallest absolute Gasteiger partial charge is 0.270 e. The minimum absolute atomic E-state index is 0.0531. The number of hydrogen-bond donors (Lipinski definition) is 1. The third kappa shape index (κ3) is 2.88. The van der Waals surface area contributed by atoms with Crippen molar-refractivity contribution in [2.75, 3.05) is 13.1 Å². The van der Waals surface area contributed by atoms with E-state index in [9.17, 15) is 10.1 Å². The molecule has 21 heavy (non-hydrogen) atoms. The van der Waals surface area contributed by atoms with Crippen molar-refractivity contribution in [1.29, 1.82) is 0 Å². The van der Waals surface area contributed by atoms with Gasteiger partial charge in [0.1, 0.15) is 0 Å². The molecule has 110 valence electrons. The number of hydrogen-bond acceptors (Lipinski definition) is 6. The summed E-state index contributed by atoms with van der Waals surface area (Å²) < 4.78 is 5.30. The van der Waals surface area contributed by atoms with Gasteiger partial charge < -0.3 is 9.84 Å². The van der Waals surface area contributed by atoms with Crippen molar-refractivity contribution < 1.29 is 9.45 Å². The van der Waals surface area contributed by atoms with Crippen molar-refractivity contribution in [1.82, 2.24) is 15.5 Å². The maximum Gasteiger partial charge on any atom is 0.270 e. The molecule has 0 unspecified atom stereocenters. The zero-order valence-corrected chi connectivity index (χ0v) is 11.8. The minimum Gasteiger partial charge on any atom is -0.339 e. The summed E-state index contributed by atoms with van der Waals surface area (Å²) in [6, 6.07) is 4.18. The highest BCUT2D eigenvalue weighted by Crippen LogP contribution is 2.31. The van der Waals surface area contributed by atoms with E-state index in [0.717, 1.165) is 25.9 Å². The van der Waals surface area contributed by atoms with E-state index >= 15 is 0 Å². The van der Waals surface area contributed by atoms with Gasteiger partial charge in [0.15, 0.2) is 0 Å². The molecule has 2 aromatic rings. The van der Waals surface area contributed by atoms with E-state index in [1.807, 2.05) is 0 Å². The van der Waals surface area contributed by atoms with Gasteiger partial charge in [-0.3, -0.25) is 10.1 Å². The Labute approximate surface area is 125 Å². The molecule has 0 bridgehead atoms. The van der Waals surface area contributed by atoms with Crippen LogP contribution in [0.1, 0.15) is 24.7 Å². The SMILES string of the molecule is O=[N+]([O-])c1ccc(Cl)c(-c2noc(C3CCNCC3)n2)c1. The lowest BCUT2D eigenvalue weighted by Gasteiger charge is -2.18. The van der Waals surface area contributed by atoms with Gasteiger partial charge in [-0.2, -0.15) is 4.98 Å². The van der Waals surface area contributed by atoms with Crippen LogP contribution < -0.4 is 5.32 Å². The average molecular weight is 309 g/mol. The first kappa shape index (κ1) is 14.0. The summed E-state index contributed by atoms with van der Waals surface area (Å²) in [6.45, 7) is 1.83. The topological polar surface area (TPSA) is 94.1 Å². The molecule has 1 aliphatic rings. The van der Waals surface area contributed by atoms with Crippen LogP contribution in [0.4, 0.5) is 5.69 Å². The van der Waals surface area contributed by atoms with Gasteiger partial charge in [0.25, 0.3) is 5.69 Å². The van der Waals surface area contributed by atoms with E-state index < -0.39 is 4.92 Å². The zero-order chi connectivity index (χ0) is 14.8. The summed E-state index contributed by atoms with van der Waals surface area (Å²) in [5.74, 6) is 1.08. The highest BCUT2D eigenvalue weighted by Gasteiger charge is 2.23. The number of halogens is 1. The van der Waals surface area contributed by atoms with Crippen LogP contribution in [0, 0.1) is 10.1 Å². The minimum atomic E-state index is -0.479. The molecule has 0 spiro atoms. The molecular formula is C13H13ClN4O3. The second kappa shape index (κ2) is 5.79. The Hall–Kier alpha value is -1.99. The molecule has 8 heteroatoms. The number of aromatic nitrogens is 2. The number of nitro benzene ring substituents is 1. The normalized spacial score (nSPS) is 16.0. The highest BCUT2D eigenvalue weighted by molar-refractivity contribution is 6.33. The van der Waals surface area contributed by atoms with Crippen LogP contribution in [-0.2, 0) is 0 Å². The van der Waals surface area contributed by atoms with Crippen LogP contribution >= 0.6 is 11.6 Å². The number of non-ortho nitro benzene ring substituents is 1. The van der Waals surface area contributed by atoms with Crippen LogP contribution in [0.5, 0.6) is 0 Å². The van der Waals surface area contributed by atoms with Crippen molar-refractivity contribution in [2.24, 2.45) is 0 Å². The molecule has 1 N–H and O–H groups in total. The lowest BCUT2D eigenvalue weighted by Crippen LogP contribution is -2.26. The predicted octanol–water partition coefficient (Wildman–Crippen LogP) is 2.77. The maximum atomic E-state index is 10.8. The Morgan fingerprint density at radius 2 is 2.14 bits per heavy atom.